The van der Waals surface area contributed by atoms with E-state index >= 15 is 0 Å². The summed E-state index contributed by atoms with van der Waals surface area (Å²) in [6, 6.07) is 3.16. The van der Waals surface area contributed by atoms with Gasteiger partial charge >= 0.3 is 0 Å². The molecule has 0 spiro atoms. The van der Waals surface area contributed by atoms with Crippen molar-refractivity contribution in [3.63, 3.8) is 0 Å². The average Bonchev–Trinajstić information content (AvgIpc) is 2.15. The first kappa shape index (κ1) is 8.74. The van der Waals surface area contributed by atoms with E-state index in [9.17, 15) is 5.11 Å². The number of fused-ring (bicyclic) bond motifs is 1. The third-order valence-corrected chi connectivity index (χ3v) is 2.24. The molecule has 14 heavy (non-hydrogen) atoms. The Morgan fingerprint density at radius 2 is 1.64 bits per heavy atom. The number of anilines is 1. The van der Waals surface area contributed by atoms with Gasteiger partial charge in [0.05, 0.1) is 17.1 Å². The topological polar surface area (TPSA) is 72.0 Å². The number of hydrogen-bond donors (Lipinski definition) is 2. The van der Waals surface area contributed by atoms with Crippen molar-refractivity contribution in [1.82, 2.24) is 9.97 Å². The van der Waals surface area contributed by atoms with E-state index in [0.717, 1.165) is 11.4 Å². The third kappa shape index (κ3) is 1.16. The van der Waals surface area contributed by atoms with Crippen LogP contribution in [0.25, 0.3) is 11.0 Å². The molecule has 0 aliphatic heterocycles. The van der Waals surface area contributed by atoms with Crippen LogP contribution in [0.3, 0.4) is 0 Å². The fourth-order valence-corrected chi connectivity index (χ4v) is 1.31. The molecule has 0 atom stereocenters. The highest BCUT2D eigenvalue weighted by molar-refractivity contribution is 5.90. The number of rotatable bonds is 0. The minimum absolute atomic E-state index is 0.116. The molecule has 0 fully saturated rings. The predicted octanol–water partition coefficient (Wildman–Crippen LogP) is 1.53. The summed E-state index contributed by atoms with van der Waals surface area (Å²) in [4.78, 5) is 8.53. The maximum Gasteiger partial charge on any atom is 0.143 e. The van der Waals surface area contributed by atoms with Crippen LogP contribution >= 0.6 is 0 Å². The number of aromatic hydroxyl groups is 1. The lowest BCUT2D eigenvalue weighted by Crippen LogP contribution is -1.97. The molecule has 0 unspecified atom stereocenters. The first-order valence-electron chi connectivity index (χ1n) is 4.32. The van der Waals surface area contributed by atoms with Gasteiger partial charge in [0.15, 0.2) is 0 Å². The number of hydrogen-bond acceptors (Lipinski definition) is 4. The maximum atomic E-state index is 9.55. The van der Waals surface area contributed by atoms with Gasteiger partial charge in [-0.25, -0.2) is 9.97 Å². The Hall–Kier alpha value is -1.84. The summed E-state index contributed by atoms with van der Waals surface area (Å²) in [7, 11) is 0. The van der Waals surface area contributed by atoms with Gasteiger partial charge in [-0.2, -0.15) is 0 Å². The Kier molecular flexibility index (Phi) is 1.77. The van der Waals surface area contributed by atoms with Gasteiger partial charge in [-0.15, -0.1) is 0 Å². The minimum atomic E-state index is 0.116. The molecule has 4 heteroatoms. The van der Waals surface area contributed by atoms with Crippen molar-refractivity contribution in [2.45, 2.75) is 13.8 Å². The van der Waals surface area contributed by atoms with Gasteiger partial charge in [-0.05, 0) is 26.0 Å². The van der Waals surface area contributed by atoms with E-state index in [1.165, 1.54) is 6.07 Å². The molecule has 0 aliphatic carbocycles. The molecule has 2 rings (SSSR count). The number of phenols is 1. The summed E-state index contributed by atoms with van der Waals surface area (Å²) in [6.07, 6.45) is 0. The molecule has 4 nitrogen and oxygen atoms in total. The summed E-state index contributed by atoms with van der Waals surface area (Å²) in [5.41, 5.74) is 8.93. The van der Waals surface area contributed by atoms with Gasteiger partial charge in [-0.3, -0.25) is 0 Å². The SMILES string of the molecule is Cc1nc2c(N)ccc(O)c2nc1C. The lowest BCUT2D eigenvalue weighted by molar-refractivity contribution is 0.480. The average molecular weight is 189 g/mol. The Balaban J connectivity index is 2.94. The van der Waals surface area contributed by atoms with Crippen molar-refractivity contribution in [3.8, 4) is 5.75 Å². The Morgan fingerprint density at radius 1 is 1.07 bits per heavy atom. The summed E-state index contributed by atoms with van der Waals surface area (Å²) in [5, 5.41) is 9.55. The summed E-state index contributed by atoms with van der Waals surface area (Å²) < 4.78 is 0. The van der Waals surface area contributed by atoms with Crippen molar-refractivity contribution in [2.75, 3.05) is 5.73 Å². The molecule has 1 aromatic carbocycles. The van der Waals surface area contributed by atoms with Crippen molar-refractivity contribution in [3.05, 3.63) is 23.5 Å². The van der Waals surface area contributed by atoms with Crippen molar-refractivity contribution in [2.24, 2.45) is 0 Å². The summed E-state index contributed by atoms with van der Waals surface area (Å²) >= 11 is 0. The zero-order valence-electron chi connectivity index (χ0n) is 8.07. The van der Waals surface area contributed by atoms with E-state index in [1.54, 1.807) is 6.07 Å². The lowest BCUT2D eigenvalue weighted by Gasteiger charge is -2.05. The fourth-order valence-electron chi connectivity index (χ4n) is 1.31. The number of benzene rings is 1. The number of nitrogen functional groups attached to an aromatic ring is 1. The van der Waals surface area contributed by atoms with Crippen LogP contribution in [-0.4, -0.2) is 15.1 Å². The molecule has 0 aliphatic rings. The molecular weight excluding hydrogens is 178 g/mol. The Bertz CT molecular complexity index is 462. The molecule has 0 saturated heterocycles. The smallest absolute Gasteiger partial charge is 0.143 e. The van der Waals surface area contributed by atoms with E-state index < -0.39 is 0 Å². The summed E-state index contributed by atoms with van der Waals surface area (Å²) in [5.74, 6) is 0.116. The van der Waals surface area contributed by atoms with E-state index in [1.807, 2.05) is 13.8 Å². The van der Waals surface area contributed by atoms with Crippen LogP contribution in [0.5, 0.6) is 5.75 Å². The molecule has 72 valence electrons. The normalized spacial score (nSPS) is 10.7. The second-order valence-electron chi connectivity index (χ2n) is 3.27. The number of nitrogens with zero attached hydrogens (tertiary/aromatic N) is 2. The molecule has 3 N–H and O–H groups in total. The largest absolute Gasteiger partial charge is 0.506 e. The number of aromatic nitrogens is 2. The highest BCUT2D eigenvalue weighted by Gasteiger charge is 2.07. The minimum Gasteiger partial charge on any atom is -0.506 e. The molecule has 0 amide bonds. The molecule has 2 aromatic rings. The van der Waals surface area contributed by atoms with Crippen LogP contribution in [0.2, 0.25) is 0 Å². The molecule has 0 saturated carbocycles. The maximum absolute atomic E-state index is 9.55. The highest BCUT2D eigenvalue weighted by atomic mass is 16.3. The van der Waals surface area contributed by atoms with Gasteiger partial charge in [-0.1, -0.05) is 0 Å². The predicted molar refractivity (Wildman–Crippen MR) is 55.1 cm³/mol. The van der Waals surface area contributed by atoms with E-state index in [-0.39, 0.29) is 5.75 Å². The molecule has 1 heterocycles. The van der Waals surface area contributed by atoms with E-state index in [0.29, 0.717) is 16.7 Å². The third-order valence-electron chi connectivity index (χ3n) is 2.24. The first-order valence-corrected chi connectivity index (χ1v) is 4.32. The quantitative estimate of drug-likeness (QED) is 0.487. The van der Waals surface area contributed by atoms with Gasteiger partial charge in [0.2, 0.25) is 0 Å². The van der Waals surface area contributed by atoms with Crippen molar-refractivity contribution < 1.29 is 5.11 Å². The molecule has 1 aromatic heterocycles. The number of phenolic OH excluding ortho intramolecular Hbond substituents is 1. The van der Waals surface area contributed by atoms with Crippen LogP contribution < -0.4 is 5.73 Å². The van der Waals surface area contributed by atoms with Crippen LogP contribution in [0.1, 0.15) is 11.4 Å². The van der Waals surface area contributed by atoms with E-state index in [4.69, 9.17) is 5.73 Å². The fraction of sp³-hybridized carbons (Fsp3) is 0.200. The molecule has 0 bridgehead atoms. The van der Waals surface area contributed by atoms with Crippen LogP contribution in [0.4, 0.5) is 5.69 Å². The Labute approximate surface area is 81.4 Å². The van der Waals surface area contributed by atoms with Gasteiger partial charge in [0, 0.05) is 0 Å². The van der Waals surface area contributed by atoms with Gasteiger partial charge < -0.3 is 10.8 Å². The standard InChI is InChI=1S/C10H11N3O/c1-5-6(2)13-10-8(14)4-3-7(11)9(10)12-5/h3-4,14H,11H2,1-2H3. The van der Waals surface area contributed by atoms with Gasteiger partial charge in [0.25, 0.3) is 0 Å². The van der Waals surface area contributed by atoms with Crippen molar-refractivity contribution >= 4 is 16.7 Å². The second-order valence-corrected chi connectivity index (χ2v) is 3.27. The van der Waals surface area contributed by atoms with Crippen LogP contribution in [0, 0.1) is 13.8 Å². The summed E-state index contributed by atoms with van der Waals surface area (Å²) in [6.45, 7) is 3.72. The van der Waals surface area contributed by atoms with Crippen molar-refractivity contribution in [1.29, 1.82) is 0 Å². The monoisotopic (exact) mass is 189 g/mol. The molecule has 0 radical (unpaired) electrons. The van der Waals surface area contributed by atoms with E-state index in [2.05, 4.69) is 9.97 Å². The number of aryl methyl sites for hydroxylation is 2. The molecular formula is C10H11N3O. The van der Waals surface area contributed by atoms with Crippen LogP contribution in [-0.2, 0) is 0 Å². The highest BCUT2D eigenvalue weighted by Crippen LogP contribution is 2.26. The number of nitrogens with two attached hydrogens (primary N) is 1. The van der Waals surface area contributed by atoms with Gasteiger partial charge in [0.1, 0.15) is 16.8 Å². The zero-order chi connectivity index (χ0) is 10.3. The second kappa shape index (κ2) is 2.83. The van der Waals surface area contributed by atoms with Crippen LogP contribution in [0.15, 0.2) is 12.1 Å². The Morgan fingerprint density at radius 3 is 2.29 bits per heavy atom. The first-order chi connectivity index (χ1) is 6.59. The zero-order valence-corrected chi connectivity index (χ0v) is 8.07. The lowest BCUT2D eigenvalue weighted by atomic mass is 10.2.